The first-order chi connectivity index (χ1) is 17.9. The highest BCUT2D eigenvalue weighted by Gasteiger charge is 2.42. The fraction of sp³-hybridized carbons (Fsp3) is 0.172. The lowest BCUT2D eigenvalue weighted by Crippen LogP contribution is -2.45. The van der Waals surface area contributed by atoms with Gasteiger partial charge in [0.1, 0.15) is 11.6 Å². The van der Waals surface area contributed by atoms with Crippen LogP contribution < -0.4 is 15.8 Å². The van der Waals surface area contributed by atoms with E-state index in [1.807, 2.05) is 73.6 Å². The van der Waals surface area contributed by atoms with Crippen LogP contribution in [-0.2, 0) is 16.0 Å². The number of amides is 1. The van der Waals surface area contributed by atoms with Gasteiger partial charge in [0.25, 0.3) is 5.91 Å². The Morgan fingerprint density at radius 3 is 2.51 bits per heavy atom. The largest absolute Gasteiger partial charge is 0.425 e. The van der Waals surface area contributed by atoms with E-state index in [-0.39, 0.29) is 18.5 Å². The maximum absolute atomic E-state index is 13.0. The van der Waals surface area contributed by atoms with Gasteiger partial charge in [0.05, 0.1) is 18.3 Å². The number of likely N-dealkylation sites (N-methyl/N-ethyl adjacent to an activating group) is 1. The molecular formula is C29H27ClN4O3. The summed E-state index contributed by atoms with van der Waals surface area (Å²) in [6, 6.07) is 23.3. The third-order valence-electron chi connectivity index (χ3n) is 6.53. The molecule has 3 aromatic carbocycles. The molecule has 5 rings (SSSR count). The summed E-state index contributed by atoms with van der Waals surface area (Å²) in [4.78, 5) is 25.1. The highest BCUT2D eigenvalue weighted by Crippen LogP contribution is 2.43. The maximum atomic E-state index is 13.0. The van der Waals surface area contributed by atoms with Gasteiger partial charge in [-0.3, -0.25) is 14.6 Å². The molecule has 0 aromatic heterocycles. The van der Waals surface area contributed by atoms with Crippen LogP contribution in [0.25, 0.3) is 11.3 Å². The molecule has 188 valence electrons. The third-order valence-corrected chi connectivity index (χ3v) is 6.79. The SMILES string of the molecule is Cc1ccc(C2=CC(=O)NC3=C(c4ccc(Cl)cc4)C(Cc4ccccc4)N(C)N23)c(OC(=O)CN)c1. The first kappa shape index (κ1) is 24.8. The molecule has 0 fully saturated rings. The minimum atomic E-state index is -0.554. The van der Waals surface area contributed by atoms with Crippen LogP contribution in [0, 0.1) is 6.92 Å². The second-order valence-electron chi connectivity index (χ2n) is 9.06. The Labute approximate surface area is 220 Å². The lowest BCUT2D eigenvalue weighted by Gasteiger charge is -2.36. The molecule has 1 atom stereocenters. The van der Waals surface area contributed by atoms with Gasteiger partial charge in [-0.15, -0.1) is 0 Å². The number of hydrogen-bond donors (Lipinski definition) is 2. The molecule has 8 heteroatoms. The van der Waals surface area contributed by atoms with Crippen molar-refractivity contribution in [3.63, 3.8) is 0 Å². The summed E-state index contributed by atoms with van der Waals surface area (Å²) in [5.74, 6) is 0.189. The van der Waals surface area contributed by atoms with Crippen molar-refractivity contribution in [2.75, 3.05) is 13.6 Å². The monoisotopic (exact) mass is 514 g/mol. The van der Waals surface area contributed by atoms with E-state index in [9.17, 15) is 9.59 Å². The number of fused-ring (bicyclic) bond motifs is 1. The minimum absolute atomic E-state index is 0.0964. The van der Waals surface area contributed by atoms with Crippen LogP contribution in [0.3, 0.4) is 0 Å². The zero-order valence-corrected chi connectivity index (χ0v) is 21.3. The molecule has 0 spiro atoms. The topological polar surface area (TPSA) is 87.9 Å². The average molecular weight is 515 g/mol. The highest BCUT2D eigenvalue weighted by molar-refractivity contribution is 6.30. The van der Waals surface area contributed by atoms with E-state index in [4.69, 9.17) is 22.1 Å². The summed E-state index contributed by atoms with van der Waals surface area (Å²) in [6.07, 6.45) is 2.23. The molecule has 3 N–H and O–H groups in total. The van der Waals surface area contributed by atoms with Crippen molar-refractivity contribution in [1.82, 2.24) is 15.3 Å². The summed E-state index contributed by atoms with van der Waals surface area (Å²) < 4.78 is 5.58. The molecule has 0 radical (unpaired) electrons. The number of hydrazine groups is 1. The summed E-state index contributed by atoms with van der Waals surface area (Å²) in [5, 5.41) is 7.77. The Kier molecular flexibility index (Phi) is 6.84. The molecule has 2 aliphatic heterocycles. The van der Waals surface area contributed by atoms with Gasteiger partial charge in [0, 0.05) is 29.3 Å². The lowest BCUT2D eigenvalue weighted by atomic mass is 9.93. The number of hydrogen-bond acceptors (Lipinski definition) is 6. The van der Waals surface area contributed by atoms with Crippen LogP contribution in [0.4, 0.5) is 0 Å². The molecule has 0 bridgehead atoms. The third kappa shape index (κ3) is 4.89. The first-order valence-corrected chi connectivity index (χ1v) is 12.3. The van der Waals surface area contributed by atoms with Crippen molar-refractivity contribution >= 4 is 34.7 Å². The van der Waals surface area contributed by atoms with Crippen LogP contribution in [0.15, 0.2) is 84.7 Å². The summed E-state index contributed by atoms with van der Waals surface area (Å²) in [5.41, 5.74) is 10.7. The van der Waals surface area contributed by atoms with Crippen LogP contribution in [0.2, 0.25) is 5.02 Å². The Bertz CT molecular complexity index is 1420. The van der Waals surface area contributed by atoms with E-state index in [0.717, 1.165) is 22.3 Å². The Balaban J connectivity index is 1.66. The number of halogens is 1. The molecule has 0 saturated heterocycles. The van der Waals surface area contributed by atoms with E-state index in [1.54, 1.807) is 6.07 Å². The van der Waals surface area contributed by atoms with Gasteiger partial charge >= 0.3 is 5.97 Å². The molecule has 37 heavy (non-hydrogen) atoms. The second-order valence-corrected chi connectivity index (χ2v) is 9.49. The van der Waals surface area contributed by atoms with Gasteiger partial charge in [-0.2, -0.15) is 0 Å². The van der Waals surface area contributed by atoms with Crippen molar-refractivity contribution in [3.05, 3.63) is 112 Å². The van der Waals surface area contributed by atoms with E-state index < -0.39 is 5.97 Å². The molecular weight excluding hydrogens is 488 g/mol. The number of nitrogens with two attached hydrogens (primary N) is 1. The zero-order valence-electron chi connectivity index (χ0n) is 20.6. The van der Waals surface area contributed by atoms with Crippen molar-refractivity contribution in [3.8, 4) is 5.75 Å². The van der Waals surface area contributed by atoms with Crippen molar-refractivity contribution < 1.29 is 14.3 Å². The second kappa shape index (κ2) is 10.2. The van der Waals surface area contributed by atoms with Crippen LogP contribution in [0.1, 0.15) is 22.3 Å². The van der Waals surface area contributed by atoms with E-state index in [1.165, 1.54) is 6.08 Å². The quantitative estimate of drug-likeness (QED) is 0.380. The number of carbonyl (C=O) groups excluding carboxylic acids is 2. The van der Waals surface area contributed by atoms with E-state index in [2.05, 4.69) is 22.5 Å². The molecule has 3 aromatic rings. The van der Waals surface area contributed by atoms with Crippen molar-refractivity contribution in [1.29, 1.82) is 0 Å². The summed E-state index contributed by atoms with van der Waals surface area (Å²) in [7, 11) is 1.99. The van der Waals surface area contributed by atoms with Crippen LogP contribution in [-0.4, -0.2) is 41.5 Å². The number of nitrogens with zero attached hydrogens (tertiary/aromatic N) is 2. The number of benzene rings is 3. The molecule has 2 heterocycles. The number of nitrogens with one attached hydrogen (secondary N) is 1. The number of rotatable bonds is 6. The van der Waals surface area contributed by atoms with Gasteiger partial charge < -0.3 is 15.8 Å². The summed E-state index contributed by atoms with van der Waals surface area (Å²) >= 11 is 6.19. The standard InChI is InChI=1S/C29H27ClN4O3/c1-18-8-13-22(25(14-18)37-27(36)17-31)23-16-26(35)32-29-28(20-9-11-21(30)12-10-20)24(33(2)34(23)29)15-19-6-4-3-5-7-19/h3-14,16,24H,15,17,31H2,1-2H3,(H,32,35). The fourth-order valence-corrected chi connectivity index (χ4v) is 4.94. The molecule has 2 aliphatic rings. The molecule has 0 aliphatic carbocycles. The predicted molar refractivity (Wildman–Crippen MR) is 144 cm³/mol. The molecule has 1 unspecified atom stereocenters. The van der Waals surface area contributed by atoms with Gasteiger partial charge in [0.15, 0.2) is 0 Å². The highest BCUT2D eigenvalue weighted by atomic mass is 35.5. The Hall–Kier alpha value is -3.91. The Morgan fingerprint density at radius 1 is 1.08 bits per heavy atom. The summed E-state index contributed by atoms with van der Waals surface area (Å²) in [6.45, 7) is 1.66. The average Bonchev–Trinajstić information content (AvgIpc) is 3.15. The van der Waals surface area contributed by atoms with Gasteiger partial charge in [0.2, 0.25) is 0 Å². The van der Waals surface area contributed by atoms with Crippen molar-refractivity contribution in [2.24, 2.45) is 5.73 Å². The smallest absolute Gasteiger partial charge is 0.325 e. The Morgan fingerprint density at radius 2 is 1.81 bits per heavy atom. The first-order valence-electron chi connectivity index (χ1n) is 12.0. The van der Waals surface area contributed by atoms with Crippen molar-refractivity contribution in [2.45, 2.75) is 19.4 Å². The lowest BCUT2D eigenvalue weighted by molar-refractivity contribution is -0.132. The predicted octanol–water partition coefficient (Wildman–Crippen LogP) is 4.13. The number of ether oxygens (including phenoxy) is 1. The number of carbonyl (C=O) groups is 2. The van der Waals surface area contributed by atoms with Gasteiger partial charge in [-0.25, -0.2) is 5.01 Å². The number of esters is 1. The normalized spacial score (nSPS) is 17.4. The van der Waals surface area contributed by atoms with Gasteiger partial charge in [-0.1, -0.05) is 60.1 Å². The molecule has 7 nitrogen and oxygen atoms in total. The molecule has 0 saturated carbocycles. The fourth-order valence-electron chi connectivity index (χ4n) is 4.82. The van der Waals surface area contributed by atoms with E-state index >= 15 is 0 Å². The van der Waals surface area contributed by atoms with Crippen LogP contribution >= 0.6 is 11.6 Å². The van der Waals surface area contributed by atoms with Crippen LogP contribution in [0.5, 0.6) is 5.75 Å². The van der Waals surface area contributed by atoms with Gasteiger partial charge in [-0.05, 0) is 54.3 Å². The zero-order chi connectivity index (χ0) is 26.1. The maximum Gasteiger partial charge on any atom is 0.325 e. The minimum Gasteiger partial charge on any atom is -0.425 e. The number of aryl methyl sites for hydroxylation is 1. The molecule has 1 amide bonds. The van der Waals surface area contributed by atoms with E-state index in [0.29, 0.717) is 34.3 Å².